The number of rotatable bonds is 1. The Morgan fingerprint density at radius 1 is 1.12 bits per heavy atom. The van der Waals surface area contributed by atoms with Gasteiger partial charge >= 0.3 is 0 Å². The molecule has 0 radical (unpaired) electrons. The molecule has 3 heteroatoms. The topological polar surface area (TPSA) is 33.1 Å². The molecule has 1 aromatic heterocycles. The van der Waals surface area contributed by atoms with Crippen molar-refractivity contribution in [2.75, 3.05) is 0 Å². The molecule has 0 spiro atoms. The first-order valence-electron chi connectivity index (χ1n) is 10.7. The van der Waals surface area contributed by atoms with Crippen LogP contribution in [0.25, 0.3) is 0 Å². The number of allylic oxidation sites excluding steroid dienone is 1. The first-order valence-corrected chi connectivity index (χ1v) is 11.5. The Hall–Kier alpha value is -0.670. The largest absolute Gasteiger partial charge is 0.393 e. The number of hydrogen-bond donors (Lipinski definition) is 1. The quantitative estimate of drug-likeness (QED) is 0.627. The van der Waals surface area contributed by atoms with E-state index in [9.17, 15) is 5.11 Å². The Kier molecular flexibility index (Phi) is 3.96. The Balaban J connectivity index is 1.46. The van der Waals surface area contributed by atoms with Crippen molar-refractivity contribution in [1.82, 2.24) is 4.98 Å². The molecule has 1 N–H and O–H groups in total. The van der Waals surface area contributed by atoms with Gasteiger partial charge in [0.1, 0.15) is 0 Å². The summed E-state index contributed by atoms with van der Waals surface area (Å²) in [6.45, 7) is 7.31. The number of hydrogen-bond acceptors (Lipinski definition) is 3. The molecule has 0 saturated heterocycles. The lowest BCUT2D eigenvalue weighted by molar-refractivity contribution is -0.0409. The van der Waals surface area contributed by atoms with Crippen molar-refractivity contribution >= 4 is 11.3 Å². The number of aliphatic hydroxyl groups is 1. The predicted molar refractivity (Wildman–Crippen MR) is 107 cm³/mol. The minimum atomic E-state index is -0.0938. The van der Waals surface area contributed by atoms with Gasteiger partial charge in [-0.2, -0.15) is 0 Å². The molecule has 7 unspecified atom stereocenters. The fourth-order valence-corrected chi connectivity index (χ4v) is 8.65. The Morgan fingerprint density at radius 2 is 1.96 bits per heavy atom. The van der Waals surface area contributed by atoms with Gasteiger partial charge in [-0.3, -0.25) is 0 Å². The molecular formula is C23H33NOS. The highest BCUT2D eigenvalue weighted by atomic mass is 32.1. The summed E-state index contributed by atoms with van der Waals surface area (Å²) < 4.78 is 0. The first-order chi connectivity index (χ1) is 12.4. The highest BCUT2D eigenvalue weighted by molar-refractivity contribution is 7.11. The third-order valence-corrected chi connectivity index (χ3v) is 10.0. The van der Waals surface area contributed by atoms with Crippen LogP contribution in [0.4, 0.5) is 0 Å². The summed E-state index contributed by atoms with van der Waals surface area (Å²) in [5.74, 6) is 3.23. The van der Waals surface area contributed by atoms with Gasteiger partial charge in [0, 0.05) is 17.0 Å². The molecule has 1 heterocycles. The molecule has 0 amide bonds. The predicted octanol–water partition coefficient (Wildman–Crippen LogP) is 5.86. The zero-order valence-electron chi connectivity index (χ0n) is 16.5. The van der Waals surface area contributed by atoms with Crippen LogP contribution in [0.15, 0.2) is 17.8 Å². The van der Waals surface area contributed by atoms with Crippen molar-refractivity contribution in [2.45, 2.75) is 84.2 Å². The zero-order valence-corrected chi connectivity index (χ0v) is 17.3. The number of fused-ring (bicyclic) bond motifs is 5. The van der Waals surface area contributed by atoms with E-state index in [0.29, 0.717) is 16.7 Å². The second-order valence-electron chi connectivity index (χ2n) is 10.1. The van der Waals surface area contributed by atoms with Gasteiger partial charge in [-0.05, 0) is 86.9 Å². The van der Waals surface area contributed by atoms with Crippen molar-refractivity contribution in [1.29, 1.82) is 0 Å². The van der Waals surface area contributed by atoms with Crippen molar-refractivity contribution in [3.8, 4) is 0 Å². The van der Waals surface area contributed by atoms with Gasteiger partial charge in [0.15, 0.2) is 0 Å². The molecule has 0 aliphatic heterocycles. The maximum atomic E-state index is 10.2. The average molecular weight is 372 g/mol. The molecule has 1 aromatic rings. The number of aryl methyl sites for hydroxylation is 1. The molecule has 3 saturated carbocycles. The number of aliphatic hydroxyl groups excluding tert-OH is 1. The van der Waals surface area contributed by atoms with Crippen LogP contribution in [0, 0.1) is 35.5 Å². The molecule has 26 heavy (non-hydrogen) atoms. The summed E-state index contributed by atoms with van der Waals surface area (Å²) in [7, 11) is 0. The monoisotopic (exact) mass is 371 g/mol. The summed E-state index contributed by atoms with van der Waals surface area (Å²) in [5, 5.41) is 11.6. The third kappa shape index (κ3) is 2.35. The fourth-order valence-electron chi connectivity index (χ4n) is 7.58. The van der Waals surface area contributed by atoms with Crippen molar-refractivity contribution in [3.63, 3.8) is 0 Å². The van der Waals surface area contributed by atoms with Gasteiger partial charge in [-0.15, -0.1) is 11.3 Å². The van der Waals surface area contributed by atoms with E-state index in [-0.39, 0.29) is 6.10 Å². The van der Waals surface area contributed by atoms with Crippen molar-refractivity contribution in [2.24, 2.45) is 28.6 Å². The fraction of sp³-hybridized carbons (Fsp3) is 0.783. The summed E-state index contributed by atoms with van der Waals surface area (Å²) in [6, 6.07) is 0. The number of nitrogens with zero attached hydrogens (tertiary/aromatic N) is 1. The third-order valence-electron chi connectivity index (χ3n) is 9.02. The lowest BCUT2D eigenvalue weighted by Gasteiger charge is -2.58. The summed E-state index contributed by atoms with van der Waals surface area (Å²) in [4.78, 5) is 6.16. The highest BCUT2D eigenvalue weighted by Crippen LogP contribution is 2.68. The summed E-state index contributed by atoms with van der Waals surface area (Å²) in [5.41, 5.74) is 2.40. The van der Waals surface area contributed by atoms with Gasteiger partial charge in [0.05, 0.1) is 11.1 Å². The summed E-state index contributed by atoms with van der Waals surface area (Å²) >= 11 is 1.94. The molecule has 0 aromatic carbocycles. The van der Waals surface area contributed by atoms with Gasteiger partial charge in [0.25, 0.3) is 0 Å². The van der Waals surface area contributed by atoms with E-state index < -0.39 is 0 Å². The van der Waals surface area contributed by atoms with Crippen LogP contribution < -0.4 is 0 Å². The van der Waals surface area contributed by atoms with Crippen LogP contribution in [0.1, 0.15) is 81.0 Å². The normalized spacial score (nSPS) is 47.7. The highest BCUT2D eigenvalue weighted by Gasteiger charge is 2.59. The molecule has 5 rings (SSSR count). The van der Waals surface area contributed by atoms with E-state index >= 15 is 0 Å². The van der Waals surface area contributed by atoms with Crippen LogP contribution in [0.5, 0.6) is 0 Å². The van der Waals surface area contributed by atoms with Gasteiger partial charge in [-0.1, -0.05) is 25.5 Å². The summed E-state index contributed by atoms with van der Waals surface area (Å²) in [6.07, 6.45) is 14.4. The number of aromatic nitrogens is 1. The van der Waals surface area contributed by atoms with Crippen LogP contribution in [0.3, 0.4) is 0 Å². The van der Waals surface area contributed by atoms with E-state index in [1.54, 1.807) is 5.57 Å². The SMILES string of the molecule is Cc1cnc(C2CCC3C4CC=C5CC(O)CCC5(C)C4CCC23C)s1. The molecule has 4 aliphatic carbocycles. The Labute approximate surface area is 162 Å². The van der Waals surface area contributed by atoms with Gasteiger partial charge in [0.2, 0.25) is 0 Å². The Bertz CT molecular complexity index is 738. The van der Waals surface area contributed by atoms with Crippen LogP contribution >= 0.6 is 11.3 Å². The maximum absolute atomic E-state index is 10.2. The molecule has 2 nitrogen and oxygen atoms in total. The lowest BCUT2D eigenvalue weighted by Crippen LogP contribution is -2.50. The van der Waals surface area contributed by atoms with Gasteiger partial charge in [-0.25, -0.2) is 4.98 Å². The zero-order chi connectivity index (χ0) is 18.1. The molecule has 4 aliphatic rings. The second-order valence-corrected chi connectivity index (χ2v) is 11.4. The minimum absolute atomic E-state index is 0.0938. The van der Waals surface area contributed by atoms with Crippen LogP contribution in [0.2, 0.25) is 0 Å². The van der Waals surface area contributed by atoms with E-state index in [1.807, 2.05) is 11.3 Å². The average Bonchev–Trinajstić information content (AvgIpc) is 3.18. The van der Waals surface area contributed by atoms with Crippen LogP contribution in [-0.2, 0) is 0 Å². The molecule has 142 valence electrons. The van der Waals surface area contributed by atoms with E-state index in [1.165, 1.54) is 48.4 Å². The van der Waals surface area contributed by atoms with Gasteiger partial charge < -0.3 is 5.11 Å². The maximum Gasteiger partial charge on any atom is 0.0964 e. The smallest absolute Gasteiger partial charge is 0.0964 e. The van der Waals surface area contributed by atoms with Crippen LogP contribution in [-0.4, -0.2) is 16.2 Å². The van der Waals surface area contributed by atoms with Crippen molar-refractivity contribution in [3.05, 3.63) is 27.7 Å². The molecule has 7 atom stereocenters. The minimum Gasteiger partial charge on any atom is -0.393 e. The van der Waals surface area contributed by atoms with E-state index in [2.05, 4.69) is 33.0 Å². The van der Waals surface area contributed by atoms with E-state index in [4.69, 9.17) is 4.98 Å². The second kappa shape index (κ2) is 5.91. The molecule has 0 bridgehead atoms. The molecule has 3 fully saturated rings. The first kappa shape index (κ1) is 17.4. The van der Waals surface area contributed by atoms with E-state index in [0.717, 1.165) is 30.6 Å². The molecular weight excluding hydrogens is 338 g/mol. The van der Waals surface area contributed by atoms with Crippen molar-refractivity contribution < 1.29 is 5.11 Å². The number of thiazole rings is 1. The standard InChI is InChI=1S/C23H33NOS/c1-14-13-24-21(26-14)20-7-6-18-17-5-4-15-12-16(25)8-10-22(15,2)19(17)9-11-23(18,20)3/h4,13,16-20,25H,5-12H2,1-3H3. The Morgan fingerprint density at radius 3 is 2.73 bits per heavy atom. The lowest BCUT2D eigenvalue weighted by atomic mass is 9.47.